The van der Waals surface area contributed by atoms with E-state index in [0.717, 1.165) is 28.5 Å². The van der Waals surface area contributed by atoms with E-state index in [-0.39, 0.29) is 0 Å². The van der Waals surface area contributed by atoms with Crippen LogP contribution in [0, 0.1) is 0 Å². The second-order valence-electron chi connectivity index (χ2n) is 6.70. The summed E-state index contributed by atoms with van der Waals surface area (Å²) in [6.45, 7) is 0. The van der Waals surface area contributed by atoms with Crippen molar-refractivity contribution in [3.63, 3.8) is 0 Å². The number of aromatic nitrogens is 4. The Morgan fingerprint density at radius 1 is 0.448 bits per heavy atom. The van der Waals surface area contributed by atoms with Gasteiger partial charge in [-0.05, 0) is 35.4 Å². The molecule has 0 bridgehead atoms. The Kier molecular flexibility index (Phi) is 4.43. The summed E-state index contributed by atoms with van der Waals surface area (Å²) < 4.78 is 2.09. The molecule has 0 saturated carbocycles. The molecule has 4 heteroatoms. The molecule has 0 N–H and O–H groups in total. The third-order valence-corrected chi connectivity index (χ3v) is 4.87. The van der Waals surface area contributed by atoms with Gasteiger partial charge in [0.25, 0.3) is 0 Å². The van der Waals surface area contributed by atoms with Gasteiger partial charge in [-0.25, -0.2) is 0 Å². The van der Waals surface area contributed by atoms with Gasteiger partial charge in [0.05, 0.1) is 0 Å². The Morgan fingerprint density at radius 2 is 0.931 bits per heavy atom. The third-order valence-electron chi connectivity index (χ3n) is 4.87. The topological polar surface area (TPSA) is 43.6 Å². The molecule has 0 aliphatic carbocycles. The molecule has 5 aromatic rings. The molecule has 0 atom stereocenters. The summed E-state index contributed by atoms with van der Waals surface area (Å²) >= 11 is 0. The summed E-state index contributed by atoms with van der Waals surface area (Å²) in [5.74, 6) is 1.60. The lowest BCUT2D eigenvalue weighted by molar-refractivity contribution is 1.07. The first kappa shape index (κ1) is 17.1. The van der Waals surface area contributed by atoms with E-state index >= 15 is 0 Å². The van der Waals surface area contributed by atoms with Gasteiger partial charge in [-0.2, -0.15) is 0 Å². The Labute approximate surface area is 169 Å². The van der Waals surface area contributed by atoms with Crippen LogP contribution >= 0.6 is 0 Å². The predicted molar refractivity (Wildman–Crippen MR) is 115 cm³/mol. The van der Waals surface area contributed by atoms with Crippen molar-refractivity contribution in [1.29, 1.82) is 0 Å². The van der Waals surface area contributed by atoms with Crippen LogP contribution in [-0.4, -0.2) is 19.7 Å². The maximum Gasteiger partial charge on any atom is 0.168 e. The van der Waals surface area contributed by atoms with Gasteiger partial charge in [0.15, 0.2) is 11.6 Å². The van der Waals surface area contributed by atoms with Gasteiger partial charge in [-0.3, -0.25) is 9.55 Å². The van der Waals surface area contributed by atoms with Crippen LogP contribution in [0.1, 0.15) is 0 Å². The summed E-state index contributed by atoms with van der Waals surface area (Å²) in [7, 11) is 0. The van der Waals surface area contributed by atoms with Crippen molar-refractivity contribution in [2.75, 3.05) is 0 Å². The zero-order valence-electron chi connectivity index (χ0n) is 15.7. The van der Waals surface area contributed by atoms with Crippen LogP contribution in [0.4, 0.5) is 0 Å². The first-order valence-corrected chi connectivity index (χ1v) is 9.47. The largest absolute Gasteiger partial charge is 0.275 e. The standard InChI is InChI=1S/C25H18N4/c1-3-7-19(8-4-1)20-11-13-21(14-12-20)24-27-28-25(22-15-17-26-18-16-22)29(24)23-9-5-2-6-10-23/h1-18H. The SMILES string of the molecule is c1ccc(-c2ccc(-c3nnc(-c4ccncc4)n3-c3ccccc3)cc2)cc1. The predicted octanol–water partition coefficient (Wildman–Crippen LogP) is 5.66. The lowest BCUT2D eigenvalue weighted by Gasteiger charge is -2.11. The third kappa shape index (κ3) is 3.32. The van der Waals surface area contributed by atoms with E-state index in [9.17, 15) is 0 Å². The highest BCUT2D eigenvalue weighted by Crippen LogP contribution is 2.29. The Bertz CT molecular complexity index is 1210. The number of hydrogen-bond acceptors (Lipinski definition) is 3. The minimum absolute atomic E-state index is 0.792. The lowest BCUT2D eigenvalue weighted by atomic mass is 10.0. The van der Waals surface area contributed by atoms with Crippen LogP contribution in [0.2, 0.25) is 0 Å². The summed E-state index contributed by atoms with van der Waals surface area (Å²) in [4.78, 5) is 4.12. The van der Waals surface area contributed by atoms with Crippen molar-refractivity contribution in [2.45, 2.75) is 0 Å². The fraction of sp³-hybridized carbons (Fsp3) is 0. The van der Waals surface area contributed by atoms with Crippen molar-refractivity contribution in [3.8, 4) is 39.6 Å². The first-order chi connectivity index (χ1) is 14.4. The summed E-state index contributed by atoms with van der Waals surface area (Å²) in [6, 6.07) is 32.9. The molecular formula is C25H18N4. The van der Waals surface area contributed by atoms with Gasteiger partial charge in [0.2, 0.25) is 0 Å². The maximum absolute atomic E-state index is 4.53. The minimum Gasteiger partial charge on any atom is -0.275 e. The van der Waals surface area contributed by atoms with Crippen LogP contribution in [-0.2, 0) is 0 Å². The summed E-state index contributed by atoms with van der Waals surface area (Å²) in [6.07, 6.45) is 3.54. The molecule has 0 fully saturated rings. The van der Waals surface area contributed by atoms with Crippen LogP contribution in [0.15, 0.2) is 109 Å². The smallest absolute Gasteiger partial charge is 0.168 e. The molecule has 2 heterocycles. The molecule has 29 heavy (non-hydrogen) atoms. The van der Waals surface area contributed by atoms with Crippen molar-refractivity contribution in [3.05, 3.63) is 109 Å². The van der Waals surface area contributed by atoms with Gasteiger partial charge >= 0.3 is 0 Å². The van der Waals surface area contributed by atoms with Gasteiger partial charge in [-0.1, -0.05) is 72.8 Å². The first-order valence-electron chi connectivity index (χ1n) is 9.47. The van der Waals surface area contributed by atoms with E-state index in [4.69, 9.17) is 0 Å². The molecule has 0 spiro atoms. The van der Waals surface area contributed by atoms with E-state index in [1.165, 1.54) is 11.1 Å². The van der Waals surface area contributed by atoms with Crippen LogP contribution in [0.3, 0.4) is 0 Å². The van der Waals surface area contributed by atoms with Gasteiger partial charge < -0.3 is 0 Å². The summed E-state index contributed by atoms with van der Waals surface area (Å²) in [5.41, 5.74) is 5.38. The maximum atomic E-state index is 4.53. The highest BCUT2D eigenvalue weighted by Gasteiger charge is 2.17. The average molecular weight is 374 g/mol. The quantitative estimate of drug-likeness (QED) is 0.407. The van der Waals surface area contributed by atoms with E-state index in [2.05, 4.69) is 80.4 Å². The average Bonchev–Trinajstić information content (AvgIpc) is 3.26. The number of hydrogen-bond donors (Lipinski definition) is 0. The normalized spacial score (nSPS) is 10.8. The second-order valence-corrected chi connectivity index (χ2v) is 6.70. The minimum atomic E-state index is 0.792. The zero-order chi connectivity index (χ0) is 19.5. The molecule has 0 unspecified atom stereocenters. The van der Waals surface area contributed by atoms with Crippen molar-refractivity contribution in [2.24, 2.45) is 0 Å². The number of benzene rings is 3. The van der Waals surface area contributed by atoms with Gasteiger partial charge in [0, 0.05) is 29.2 Å². The number of nitrogens with zero attached hydrogens (tertiary/aromatic N) is 4. The Balaban J connectivity index is 1.63. The molecule has 0 aliphatic heterocycles. The van der Waals surface area contributed by atoms with Crippen molar-refractivity contribution < 1.29 is 0 Å². The van der Waals surface area contributed by atoms with Gasteiger partial charge in [0.1, 0.15) is 0 Å². The molecule has 138 valence electrons. The molecule has 2 aromatic heterocycles. The second kappa shape index (κ2) is 7.52. The molecule has 5 rings (SSSR count). The van der Waals surface area contributed by atoms with E-state index in [1.54, 1.807) is 12.4 Å². The zero-order valence-corrected chi connectivity index (χ0v) is 15.7. The molecule has 0 amide bonds. The molecule has 0 aliphatic rings. The number of pyridine rings is 1. The molecule has 0 saturated heterocycles. The fourth-order valence-corrected chi connectivity index (χ4v) is 3.42. The van der Waals surface area contributed by atoms with Crippen LogP contribution in [0.5, 0.6) is 0 Å². The van der Waals surface area contributed by atoms with Gasteiger partial charge in [-0.15, -0.1) is 10.2 Å². The van der Waals surface area contributed by atoms with Crippen LogP contribution < -0.4 is 0 Å². The highest BCUT2D eigenvalue weighted by molar-refractivity contribution is 5.70. The Morgan fingerprint density at radius 3 is 1.55 bits per heavy atom. The van der Waals surface area contributed by atoms with Crippen molar-refractivity contribution >= 4 is 0 Å². The molecule has 3 aromatic carbocycles. The monoisotopic (exact) mass is 374 g/mol. The van der Waals surface area contributed by atoms with E-state index in [1.807, 2.05) is 36.4 Å². The summed E-state index contributed by atoms with van der Waals surface area (Å²) in [5, 5.41) is 9.04. The van der Waals surface area contributed by atoms with Crippen molar-refractivity contribution in [1.82, 2.24) is 19.7 Å². The van der Waals surface area contributed by atoms with E-state index in [0.29, 0.717) is 0 Å². The lowest BCUT2D eigenvalue weighted by Crippen LogP contribution is -2.00. The van der Waals surface area contributed by atoms with E-state index < -0.39 is 0 Å². The Hall–Kier alpha value is -4.05. The number of para-hydroxylation sites is 1. The van der Waals surface area contributed by atoms with Crippen LogP contribution in [0.25, 0.3) is 39.6 Å². The molecule has 4 nitrogen and oxygen atoms in total. The molecule has 0 radical (unpaired) electrons. The highest BCUT2D eigenvalue weighted by atomic mass is 15.3. The molecular weight excluding hydrogens is 356 g/mol. The number of rotatable bonds is 4. The fourth-order valence-electron chi connectivity index (χ4n) is 3.42.